The lowest BCUT2D eigenvalue weighted by Crippen LogP contribution is -2.39. The fourth-order valence-electron chi connectivity index (χ4n) is 5.69. The van der Waals surface area contributed by atoms with Crippen LogP contribution in [0.1, 0.15) is 38.7 Å². The summed E-state index contributed by atoms with van der Waals surface area (Å²) in [4.78, 5) is 27.9. The maximum absolute atomic E-state index is 13.6. The van der Waals surface area contributed by atoms with Gasteiger partial charge in [-0.15, -0.1) is 0 Å². The standard InChI is InChI=1S/C28H31BFNO7/c1-15(10-17-7-9-23(33)22(30)12-17)6-8-24(34)25-16(2)11-20-26(21(25)14-32)28(36)31(27(20)35)19-5-3-4-18(13-19)29(37)38/h3-5,7,9-10,12-13,20-21,24,26,32-34,37-38H,6,8,11,14H2,1-2H3/b15-10+/t20-,21+,24-,26-/m1/s1. The second-order valence-corrected chi connectivity index (χ2v) is 10.1. The summed E-state index contributed by atoms with van der Waals surface area (Å²) in [5.74, 6) is -4.35. The van der Waals surface area contributed by atoms with E-state index >= 15 is 0 Å². The minimum Gasteiger partial charge on any atom is -0.505 e. The third kappa shape index (κ3) is 5.30. The molecule has 2 aliphatic rings. The molecule has 0 bridgehead atoms. The van der Waals surface area contributed by atoms with Crippen LogP contribution >= 0.6 is 0 Å². The highest BCUT2D eigenvalue weighted by atomic mass is 19.1. The highest BCUT2D eigenvalue weighted by molar-refractivity contribution is 6.58. The number of allylic oxidation sites excluding steroid dienone is 2. The second kappa shape index (κ2) is 11.2. The first kappa shape index (κ1) is 27.7. The van der Waals surface area contributed by atoms with Gasteiger partial charge in [0.25, 0.3) is 0 Å². The van der Waals surface area contributed by atoms with Gasteiger partial charge in [0, 0.05) is 5.92 Å². The average Bonchev–Trinajstić information content (AvgIpc) is 3.13. The number of aromatic hydroxyl groups is 1. The van der Waals surface area contributed by atoms with E-state index in [4.69, 9.17) is 0 Å². The molecule has 5 N–H and O–H groups in total. The van der Waals surface area contributed by atoms with Crippen molar-refractivity contribution in [3.05, 3.63) is 70.6 Å². The van der Waals surface area contributed by atoms with Gasteiger partial charge in [-0.1, -0.05) is 35.4 Å². The van der Waals surface area contributed by atoms with Crippen LogP contribution in [0.3, 0.4) is 0 Å². The summed E-state index contributed by atoms with van der Waals surface area (Å²) in [5.41, 5.74) is 3.11. The van der Waals surface area contributed by atoms with Gasteiger partial charge in [-0.25, -0.2) is 4.39 Å². The molecule has 10 heteroatoms. The van der Waals surface area contributed by atoms with E-state index in [-0.39, 0.29) is 17.6 Å². The highest BCUT2D eigenvalue weighted by Gasteiger charge is 2.54. The minimum atomic E-state index is -1.76. The summed E-state index contributed by atoms with van der Waals surface area (Å²) < 4.78 is 13.6. The maximum Gasteiger partial charge on any atom is 0.488 e. The quantitative estimate of drug-likeness (QED) is 0.202. The third-order valence-electron chi connectivity index (χ3n) is 7.51. The first-order valence-electron chi connectivity index (χ1n) is 12.5. The first-order valence-corrected chi connectivity index (χ1v) is 12.5. The molecule has 200 valence electrons. The number of imide groups is 1. The number of carbonyl (C=O) groups excluding carboxylic acids is 2. The predicted octanol–water partition coefficient (Wildman–Crippen LogP) is 1.89. The molecule has 1 aliphatic carbocycles. The normalized spacial score (nSPS) is 22.7. The zero-order valence-corrected chi connectivity index (χ0v) is 21.2. The highest BCUT2D eigenvalue weighted by Crippen LogP contribution is 2.47. The maximum atomic E-state index is 13.6. The van der Waals surface area contributed by atoms with E-state index in [0.29, 0.717) is 24.0 Å². The Bertz CT molecular complexity index is 1310. The molecule has 4 rings (SSSR count). The SMILES string of the molecule is CC1=C([C@H](O)CC/C(C)=C/c2ccc(O)c(F)c2)[C@H](CO)[C@@H]2C(=O)N(c3cccc(B(O)O)c3)C(=O)[C@@H]2C1. The van der Waals surface area contributed by atoms with E-state index in [1.54, 1.807) is 19.1 Å². The Hall–Kier alpha value is -3.31. The van der Waals surface area contributed by atoms with Crippen molar-refractivity contribution in [2.45, 2.75) is 39.2 Å². The lowest BCUT2D eigenvalue weighted by atomic mass is 9.68. The van der Waals surface area contributed by atoms with E-state index in [0.717, 1.165) is 16.0 Å². The minimum absolute atomic E-state index is 0.139. The smallest absolute Gasteiger partial charge is 0.488 e. The molecule has 1 fully saturated rings. The van der Waals surface area contributed by atoms with Crippen molar-refractivity contribution >= 4 is 36.2 Å². The molecule has 4 atom stereocenters. The first-order chi connectivity index (χ1) is 18.0. The van der Waals surface area contributed by atoms with Crippen LogP contribution in [0.5, 0.6) is 5.75 Å². The van der Waals surface area contributed by atoms with Crippen LogP contribution in [0.4, 0.5) is 10.1 Å². The third-order valence-corrected chi connectivity index (χ3v) is 7.51. The molecule has 2 amide bonds. The van der Waals surface area contributed by atoms with E-state index in [9.17, 15) is 39.3 Å². The number of anilines is 1. The number of rotatable bonds is 8. The number of carbonyl (C=O) groups is 2. The van der Waals surface area contributed by atoms with Crippen molar-refractivity contribution in [1.29, 1.82) is 0 Å². The molecule has 38 heavy (non-hydrogen) atoms. The molecule has 1 aliphatic heterocycles. The number of aliphatic hydroxyl groups is 2. The van der Waals surface area contributed by atoms with Crippen molar-refractivity contribution in [2.24, 2.45) is 17.8 Å². The summed E-state index contributed by atoms with van der Waals surface area (Å²) in [6.07, 6.45) is 1.82. The number of amides is 2. The van der Waals surface area contributed by atoms with E-state index < -0.39 is 61.0 Å². The molecule has 1 saturated heterocycles. The molecule has 0 aromatic heterocycles. The summed E-state index contributed by atoms with van der Waals surface area (Å²) >= 11 is 0. The van der Waals surface area contributed by atoms with Gasteiger partial charge in [0.05, 0.1) is 30.2 Å². The number of phenols is 1. The zero-order valence-electron chi connectivity index (χ0n) is 21.2. The number of fused-ring (bicyclic) bond motifs is 1. The molecule has 2 aromatic carbocycles. The molecule has 8 nitrogen and oxygen atoms in total. The van der Waals surface area contributed by atoms with E-state index in [2.05, 4.69) is 0 Å². The fourth-order valence-corrected chi connectivity index (χ4v) is 5.69. The Balaban J connectivity index is 1.53. The number of aliphatic hydroxyl groups excluding tert-OH is 2. The summed E-state index contributed by atoms with van der Waals surface area (Å²) in [6, 6.07) is 9.98. The lowest BCUT2D eigenvalue weighted by Gasteiger charge is -2.35. The fraction of sp³-hybridized carbons (Fsp3) is 0.357. The zero-order chi connectivity index (χ0) is 27.7. The van der Waals surface area contributed by atoms with Gasteiger partial charge < -0.3 is 25.4 Å². The molecule has 1 heterocycles. The van der Waals surface area contributed by atoms with Crippen molar-refractivity contribution in [3.8, 4) is 5.75 Å². The number of benzene rings is 2. The molecule has 0 saturated carbocycles. The van der Waals surface area contributed by atoms with Gasteiger partial charge in [0.15, 0.2) is 11.6 Å². The van der Waals surface area contributed by atoms with Crippen LogP contribution in [-0.2, 0) is 9.59 Å². The second-order valence-electron chi connectivity index (χ2n) is 10.1. The molecule has 0 spiro atoms. The van der Waals surface area contributed by atoms with Gasteiger partial charge in [-0.2, -0.15) is 0 Å². The van der Waals surface area contributed by atoms with Gasteiger partial charge >= 0.3 is 7.12 Å². The van der Waals surface area contributed by atoms with Crippen LogP contribution in [0.25, 0.3) is 6.08 Å². The van der Waals surface area contributed by atoms with Crippen LogP contribution in [0.2, 0.25) is 0 Å². The number of phenolic OH excluding ortho intramolecular Hbond substituents is 1. The van der Waals surface area contributed by atoms with Crippen molar-refractivity contribution in [3.63, 3.8) is 0 Å². The predicted molar refractivity (Wildman–Crippen MR) is 141 cm³/mol. The Kier molecular flexibility index (Phi) is 8.17. The van der Waals surface area contributed by atoms with E-state index in [1.807, 2.05) is 6.92 Å². The Morgan fingerprint density at radius 2 is 1.92 bits per heavy atom. The molecular formula is C28H31BFNO7. The number of nitrogens with zero attached hydrogens (tertiary/aromatic N) is 1. The van der Waals surface area contributed by atoms with Gasteiger partial charge in [-0.05, 0) is 74.0 Å². The number of halogens is 1. The Morgan fingerprint density at radius 3 is 2.58 bits per heavy atom. The Morgan fingerprint density at radius 1 is 1.18 bits per heavy atom. The summed E-state index contributed by atoms with van der Waals surface area (Å²) in [7, 11) is -1.76. The Labute approximate surface area is 220 Å². The topological polar surface area (TPSA) is 139 Å². The van der Waals surface area contributed by atoms with Crippen LogP contribution in [-0.4, -0.2) is 57.0 Å². The van der Waals surface area contributed by atoms with Crippen LogP contribution in [0, 0.1) is 23.6 Å². The van der Waals surface area contributed by atoms with Crippen molar-refractivity contribution in [1.82, 2.24) is 0 Å². The summed E-state index contributed by atoms with van der Waals surface area (Å²) in [5, 5.41) is 49.8. The monoisotopic (exact) mass is 523 g/mol. The summed E-state index contributed by atoms with van der Waals surface area (Å²) in [6.45, 7) is 3.21. The number of hydrogen-bond acceptors (Lipinski definition) is 7. The van der Waals surface area contributed by atoms with Gasteiger partial charge in [0.2, 0.25) is 11.8 Å². The van der Waals surface area contributed by atoms with E-state index in [1.165, 1.54) is 36.4 Å². The molecule has 2 aromatic rings. The van der Waals surface area contributed by atoms with Crippen LogP contribution < -0.4 is 10.4 Å². The van der Waals surface area contributed by atoms with Crippen molar-refractivity contribution < 1.29 is 39.3 Å². The molecule has 0 unspecified atom stereocenters. The molecular weight excluding hydrogens is 492 g/mol. The number of hydrogen-bond donors (Lipinski definition) is 5. The van der Waals surface area contributed by atoms with Gasteiger partial charge in [0.1, 0.15) is 0 Å². The lowest BCUT2D eigenvalue weighted by molar-refractivity contribution is -0.123. The molecule has 0 radical (unpaired) electrons. The van der Waals surface area contributed by atoms with Gasteiger partial charge in [-0.3, -0.25) is 14.5 Å². The van der Waals surface area contributed by atoms with Crippen molar-refractivity contribution in [2.75, 3.05) is 11.5 Å². The van der Waals surface area contributed by atoms with Crippen LogP contribution in [0.15, 0.2) is 59.2 Å². The largest absolute Gasteiger partial charge is 0.505 e. The average molecular weight is 523 g/mol.